The predicted octanol–water partition coefficient (Wildman–Crippen LogP) is 0.457. The molecule has 3 N–H and O–H groups in total. The number of aliphatic imine (C=N–C) groups is 1. The van der Waals surface area contributed by atoms with Crippen molar-refractivity contribution in [2.24, 2.45) is 4.99 Å². The molecule has 0 saturated heterocycles. The van der Waals surface area contributed by atoms with Gasteiger partial charge in [0.2, 0.25) is 0 Å². The number of rotatable bonds is 6. The standard InChI is InChI=1S/C8H14N4OS/c1-9-4-3-5-10-12(2)8(7-14)6-11-13/h3-7,10-11,13H,1-2H3. The van der Waals surface area contributed by atoms with Gasteiger partial charge in [-0.2, -0.15) is 0 Å². The quantitative estimate of drug-likeness (QED) is 0.259. The average molecular weight is 214 g/mol. The largest absolute Gasteiger partial charge is 0.306 e. The number of allylic oxidation sites excluding steroid dienone is 2. The first-order valence-corrected chi connectivity index (χ1v) is 4.35. The summed E-state index contributed by atoms with van der Waals surface area (Å²) in [5.74, 6) is 0. The summed E-state index contributed by atoms with van der Waals surface area (Å²) in [5.41, 5.74) is 5.43. The van der Waals surface area contributed by atoms with Crippen molar-refractivity contribution in [1.82, 2.24) is 15.9 Å². The number of hydrogen-bond donors (Lipinski definition) is 3. The summed E-state index contributed by atoms with van der Waals surface area (Å²) >= 11 is 4.74. The molecule has 0 aliphatic rings. The lowest BCUT2D eigenvalue weighted by Crippen LogP contribution is -2.30. The van der Waals surface area contributed by atoms with Gasteiger partial charge >= 0.3 is 0 Å². The van der Waals surface area contributed by atoms with E-state index in [0.717, 1.165) is 0 Å². The van der Waals surface area contributed by atoms with E-state index in [0.29, 0.717) is 5.70 Å². The van der Waals surface area contributed by atoms with Gasteiger partial charge in [0.05, 0.1) is 11.9 Å². The lowest BCUT2D eigenvalue weighted by Gasteiger charge is -2.18. The lowest BCUT2D eigenvalue weighted by atomic mass is 10.5. The Morgan fingerprint density at radius 3 is 2.79 bits per heavy atom. The van der Waals surface area contributed by atoms with E-state index in [4.69, 9.17) is 17.4 Å². The molecule has 0 rings (SSSR count). The van der Waals surface area contributed by atoms with Gasteiger partial charge in [-0.25, -0.2) is 0 Å². The van der Waals surface area contributed by atoms with Crippen LogP contribution in [-0.4, -0.2) is 35.9 Å². The molecule has 78 valence electrons. The van der Waals surface area contributed by atoms with Crippen LogP contribution in [0, 0.1) is 0 Å². The van der Waals surface area contributed by atoms with Crippen LogP contribution in [0.5, 0.6) is 0 Å². The zero-order valence-corrected chi connectivity index (χ0v) is 8.95. The molecule has 0 aromatic carbocycles. The molecule has 14 heavy (non-hydrogen) atoms. The molecule has 0 aliphatic heterocycles. The molecule has 0 atom stereocenters. The van der Waals surface area contributed by atoms with Gasteiger partial charge in [-0.15, -0.1) is 0 Å². The Bertz CT molecular complexity index is 250. The van der Waals surface area contributed by atoms with Gasteiger partial charge in [0.1, 0.15) is 0 Å². The van der Waals surface area contributed by atoms with Crippen molar-refractivity contribution in [3.05, 3.63) is 24.2 Å². The Morgan fingerprint density at radius 2 is 2.29 bits per heavy atom. The molecule has 0 bridgehead atoms. The van der Waals surface area contributed by atoms with Crippen molar-refractivity contribution < 1.29 is 5.21 Å². The van der Waals surface area contributed by atoms with Crippen LogP contribution in [0.4, 0.5) is 0 Å². The van der Waals surface area contributed by atoms with E-state index in [1.54, 1.807) is 37.6 Å². The van der Waals surface area contributed by atoms with Crippen molar-refractivity contribution in [1.29, 1.82) is 0 Å². The summed E-state index contributed by atoms with van der Waals surface area (Å²) < 4.78 is 0. The van der Waals surface area contributed by atoms with Gasteiger partial charge < -0.3 is 5.43 Å². The number of hydrazine groups is 1. The third kappa shape index (κ3) is 5.28. The number of nitrogens with one attached hydrogen (secondary N) is 2. The monoisotopic (exact) mass is 214 g/mol. The summed E-state index contributed by atoms with van der Waals surface area (Å²) in [6, 6.07) is 0. The minimum Gasteiger partial charge on any atom is -0.306 e. The molecule has 0 aromatic heterocycles. The third-order valence-electron chi connectivity index (χ3n) is 1.32. The second kappa shape index (κ2) is 8.21. The number of thiocarbonyl (C=S) groups is 1. The highest BCUT2D eigenvalue weighted by Gasteiger charge is 1.96. The summed E-state index contributed by atoms with van der Waals surface area (Å²) in [6.07, 6.45) is 6.44. The summed E-state index contributed by atoms with van der Waals surface area (Å²) in [5, 5.41) is 11.5. The van der Waals surface area contributed by atoms with E-state index in [2.05, 4.69) is 10.4 Å². The molecule has 6 heteroatoms. The van der Waals surface area contributed by atoms with Crippen molar-refractivity contribution in [3.63, 3.8) is 0 Å². The number of nitrogens with zero attached hydrogens (tertiary/aromatic N) is 2. The molecular weight excluding hydrogens is 200 g/mol. The Labute approximate surface area is 88.7 Å². The fraction of sp³-hybridized carbons (Fsp3) is 0.250. The van der Waals surface area contributed by atoms with E-state index in [1.165, 1.54) is 11.6 Å². The third-order valence-corrected chi connectivity index (χ3v) is 1.56. The molecule has 0 saturated carbocycles. The second-order valence-electron chi connectivity index (χ2n) is 2.27. The first-order valence-electron chi connectivity index (χ1n) is 3.88. The SMILES string of the molecule is CN=CC=CNN(C)C(C=S)=CNO. The van der Waals surface area contributed by atoms with Gasteiger partial charge in [-0.1, -0.05) is 12.2 Å². The van der Waals surface area contributed by atoms with Crippen molar-refractivity contribution in [2.75, 3.05) is 14.1 Å². The minimum atomic E-state index is 0.626. The highest BCUT2D eigenvalue weighted by molar-refractivity contribution is 7.79. The van der Waals surface area contributed by atoms with E-state index in [-0.39, 0.29) is 0 Å². The molecule has 0 spiro atoms. The fourth-order valence-electron chi connectivity index (χ4n) is 0.635. The van der Waals surface area contributed by atoms with E-state index < -0.39 is 0 Å². The van der Waals surface area contributed by atoms with Crippen LogP contribution in [-0.2, 0) is 0 Å². The van der Waals surface area contributed by atoms with Crippen molar-refractivity contribution >= 4 is 23.8 Å². The van der Waals surface area contributed by atoms with Crippen LogP contribution in [0.2, 0.25) is 0 Å². The molecule has 5 nitrogen and oxygen atoms in total. The van der Waals surface area contributed by atoms with Crippen LogP contribution >= 0.6 is 12.2 Å². The summed E-state index contributed by atoms with van der Waals surface area (Å²) in [6.45, 7) is 0. The first kappa shape index (κ1) is 12.6. The molecule has 0 radical (unpaired) electrons. The maximum Gasteiger partial charge on any atom is 0.0856 e. The summed E-state index contributed by atoms with van der Waals surface area (Å²) in [4.78, 5) is 3.77. The zero-order chi connectivity index (χ0) is 10.8. The number of hydroxylamine groups is 1. The average Bonchev–Trinajstić information content (AvgIpc) is 2.20. The van der Waals surface area contributed by atoms with E-state index >= 15 is 0 Å². The van der Waals surface area contributed by atoms with Gasteiger partial charge in [0, 0.05) is 31.9 Å². The Morgan fingerprint density at radius 1 is 1.57 bits per heavy atom. The van der Waals surface area contributed by atoms with Gasteiger partial charge in [-0.3, -0.25) is 20.7 Å². The predicted molar refractivity (Wildman–Crippen MR) is 61.1 cm³/mol. The zero-order valence-electron chi connectivity index (χ0n) is 8.14. The molecule has 0 fully saturated rings. The van der Waals surface area contributed by atoms with Crippen molar-refractivity contribution in [2.45, 2.75) is 0 Å². The van der Waals surface area contributed by atoms with E-state index in [9.17, 15) is 0 Å². The number of hydrogen-bond acceptors (Lipinski definition) is 6. The van der Waals surface area contributed by atoms with Crippen LogP contribution in [0.1, 0.15) is 0 Å². The fourth-order valence-corrected chi connectivity index (χ4v) is 0.861. The van der Waals surface area contributed by atoms with Gasteiger partial charge in [-0.05, 0) is 6.08 Å². The van der Waals surface area contributed by atoms with Gasteiger partial charge in [0.25, 0.3) is 0 Å². The highest BCUT2D eigenvalue weighted by Crippen LogP contribution is 1.92. The highest BCUT2D eigenvalue weighted by atomic mass is 32.1. The van der Waals surface area contributed by atoms with Gasteiger partial charge in [0.15, 0.2) is 0 Å². The van der Waals surface area contributed by atoms with Crippen LogP contribution < -0.4 is 10.9 Å². The molecule has 0 heterocycles. The maximum absolute atomic E-state index is 8.44. The molecule has 0 aliphatic carbocycles. The van der Waals surface area contributed by atoms with Crippen molar-refractivity contribution in [3.8, 4) is 0 Å². The Hall–Kier alpha value is -1.40. The van der Waals surface area contributed by atoms with Crippen LogP contribution in [0.15, 0.2) is 29.2 Å². The Balaban J connectivity index is 4.11. The summed E-state index contributed by atoms with van der Waals surface area (Å²) in [7, 11) is 3.45. The smallest absolute Gasteiger partial charge is 0.0856 e. The molecule has 0 amide bonds. The minimum absolute atomic E-state index is 0.626. The maximum atomic E-state index is 8.44. The Kier molecular flexibility index (Phi) is 7.39. The molecular formula is C8H14N4OS. The lowest BCUT2D eigenvalue weighted by molar-refractivity contribution is 0.210. The van der Waals surface area contributed by atoms with Crippen LogP contribution in [0.25, 0.3) is 0 Å². The molecule has 0 aromatic rings. The topological polar surface area (TPSA) is 59.9 Å². The second-order valence-corrected chi connectivity index (χ2v) is 2.51. The normalized spacial score (nSPS) is 12.1. The van der Waals surface area contributed by atoms with E-state index in [1.807, 2.05) is 5.48 Å². The molecule has 0 unspecified atom stereocenters. The van der Waals surface area contributed by atoms with Crippen LogP contribution in [0.3, 0.4) is 0 Å². The first-order chi connectivity index (χ1) is 6.76.